The van der Waals surface area contributed by atoms with Gasteiger partial charge < -0.3 is 23.5 Å². The summed E-state index contributed by atoms with van der Waals surface area (Å²) < 4.78 is 27.3. The van der Waals surface area contributed by atoms with E-state index in [1.807, 2.05) is 43.3 Å². The Hall–Kier alpha value is -4.07. The highest BCUT2D eigenvalue weighted by atomic mass is 16.5. The highest BCUT2D eigenvalue weighted by Crippen LogP contribution is 2.34. The maximum Gasteiger partial charge on any atom is 0.258 e. The fourth-order valence-corrected chi connectivity index (χ4v) is 3.18. The molecule has 0 fully saturated rings. The Bertz CT molecular complexity index is 1200. The van der Waals surface area contributed by atoms with Crippen molar-refractivity contribution in [3.8, 4) is 57.2 Å². The van der Waals surface area contributed by atoms with Gasteiger partial charge >= 0.3 is 0 Å². The monoisotopic (exact) mass is 433 g/mol. The van der Waals surface area contributed by atoms with E-state index < -0.39 is 0 Å². The van der Waals surface area contributed by atoms with Crippen LogP contribution in [0.5, 0.6) is 23.1 Å². The summed E-state index contributed by atoms with van der Waals surface area (Å²) in [5, 5.41) is 4.14. The van der Waals surface area contributed by atoms with Crippen LogP contribution in [-0.2, 0) is 0 Å². The number of aromatic nitrogens is 3. The van der Waals surface area contributed by atoms with Gasteiger partial charge in [-0.1, -0.05) is 17.3 Å². The number of rotatable bonds is 8. The van der Waals surface area contributed by atoms with E-state index in [1.165, 1.54) is 0 Å². The molecule has 0 bridgehead atoms. The summed E-state index contributed by atoms with van der Waals surface area (Å²) >= 11 is 0. The summed E-state index contributed by atoms with van der Waals surface area (Å²) in [5.41, 5.74) is 2.97. The minimum Gasteiger partial charge on any atom is -0.497 e. The Morgan fingerprint density at radius 1 is 0.781 bits per heavy atom. The maximum atomic E-state index is 5.79. The van der Waals surface area contributed by atoms with Crippen molar-refractivity contribution in [2.24, 2.45) is 0 Å². The van der Waals surface area contributed by atoms with Gasteiger partial charge in [0.05, 0.1) is 39.2 Å². The first-order chi connectivity index (χ1) is 15.6. The van der Waals surface area contributed by atoms with Crippen LogP contribution < -0.4 is 18.9 Å². The number of hydrogen-bond donors (Lipinski definition) is 0. The second kappa shape index (κ2) is 9.38. The molecule has 0 spiro atoms. The first kappa shape index (κ1) is 21.2. The molecule has 32 heavy (non-hydrogen) atoms. The number of methoxy groups -OCH3 is 3. The van der Waals surface area contributed by atoms with Crippen molar-refractivity contribution in [1.29, 1.82) is 0 Å². The minimum absolute atomic E-state index is 0.330. The Morgan fingerprint density at radius 2 is 1.50 bits per heavy atom. The molecule has 4 rings (SSSR count). The van der Waals surface area contributed by atoms with Crippen molar-refractivity contribution in [2.75, 3.05) is 27.9 Å². The van der Waals surface area contributed by atoms with Gasteiger partial charge in [-0.25, -0.2) is 4.98 Å². The van der Waals surface area contributed by atoms with Gasteiger partial charge in [-0.3, -0.25) is 0 Å². The van der Waals surface area contributed by atoms with E-state index in [0.717, 1.165) is 17.0 Å². The lowest BCUT2D eigenvalue weighted by Gasteiger charge is -2.10. The van der Waals surface area contributed by atoms with Crippen LogP contribution >= 0.6 is 0 Å². The van der Waals surface area contributed by atoms with E-state index in [0.29, 0.717) is 46.8 Å². The molecule has 2 aromatic carbocycles. The van der Waals surface area contributed by atoms with Gasteiger partial charge in [0.1, 0.15) is 17.2 Å². The van der Waals surface area contributed by atoms with Crippen molar-refractivity contribution < 1.29 is 23.5 Å². The molecule has 2 aromatic heterocycles. The fourth-order valence-electron chi connectivity index (χ4n) is 3.18. The smallest absolute Gasteiger partial charge is 0.258 e. The van der Waals surface area contributed by atoms with Crippen LogP contribution in [0.25, 0.3) is 34.1 Å². The third-order valence-corrected chi connectivity index (χ3v) is 4.77. The molecule has 0 saturated carbocycles. The molecule has 0 radical (unpaired) electrons. The summed E-state index contributed by atoms with van der Waals surface area (Å²) in [6.07, 6.45) is 0. The fraction of sp³-hybridized carbons (Fsp3) is 0.208. The normalized spacial score (nSPS) is 10.6. The van der Waals surface area contributed by atoms with E-state index in [1.54, 1.807) is 39.5 Å². The molecular weight excluding hydrogens is 410 g/mol. The third-order valence-electron chi connectivity index (χ3n) is 4.77. The standard InChI is InChI=1S/C24H23N3O5/c1-5-31-24-20(9-10-21(25-24)15-7-6-8-17(11-15)28-2)22-26-23(32-27-22)16-12-18(29-3)14-19(13-16)30-4/h6-14H,5H2,1-4H3. The predicted molar refractivity (Wildman–Crippen MR) is 119 cm³/mol. The molecule has 0 N–H and O–H groups in total. The molecule has 0 atom stereocenters. The average Bonchev–Trinajstić information content (AvgIpc) is 3.34. The van der Waals surface area contributed by atoms with Crippen LogP contribution in [0.2, 0.25) is 0 Å². The SMILES string of the molecule is CCOc1nc(-c2cccc(OC)c2)ccc1-c1noc(-c2cc(OC)cc(OC)c2)n1. The van der Waals surface area contributed by atoms with E-state index in [4.69, 9.17) is 23.5 Å². The first-order valence-corrected chi connectivity index (χ1v) is 10.0. The molecule has 0 unspecified atom stereocenters. The number of ether oxygens (including phenoxy) is 4. The lowest BCUT2D eigenvalue weighted by atomic mass is 10.1. The number of pyridine rings is 1. The van der Waals surface area contributed by atoms with Gasteiger partial charge in [0.25, 0.3) is 5.89 Å². The summed E-state index contributed by atoms with van der Waals surface area (Å²) in [4.78, 5) is 9.23. The van der Waals surface area contributed by atoms with Crippen LogP contribution in [0.3, 0.4) is 0 Å². The van der Waals surface area contributed by atoms with Gasteiger partial charge in [-0.05, 0) is 43.3 Å². The number of hydrogen-bond acceptors (Lipinski definition) is 8. The van der Waals surface area contributed by atoms with Crippen LogP contribution in [0.15, 0.2) is 59.1 Å². The van der Waals surface area contributed by atoms with Gasteiger partial charge in [-0.2, -0.15) is 4.98 Å². The molecule has 0 aliphatic carbocycles. The molecule has 164 valence electrons. The lowest BCUT2D eigenvalue weighted by molar-refractivity contribution is 0.328. The van der Waals surface area contributed by atoms with Crippen LogP contribution in [0, 0.1) is 0 Å². The van der Waals surface area contributed by atoms with E-state index in [-0.39, 0.29) is 0 Å². The molecule has 8 heteroatoms. The van der Waals surface area contributed by atoms with E-state index in [2.05, 4.69) is 15.1 Å². The van der Waals surface area contributed by atoms with Crippen molar-refractivity contribution in [3.05, 3.63) is 54.6 Å². The maximum absolute atomic E-state index is 5.79. The second-order valence-corrected chi connectivity index (χ2v) is 6.74. The van der Waals surface area contributed by atoms with Crippen molar-refractivity contribution >= 4 is 0 Å². The van der Waals surface area contributed by atoms with Crippen molar-refractivity contribution in [3.63, 3.8) is 0 Å². The quantitative estimate of drug-likeness (QED) is 0.388. The highest BCUT2D eigenvalue weighted by molar-refractivity contribution is 5.70. The van der Waals surface area contributed by atoms with Crippen molar-refractivity contribution in [2.45, 2.75) is 6.92 Å². The predicted octanol–water partition coefficient (Wildman–Crippen LogP) is 4.89. The minimum atomic E-state index is 0.330. The van der Waals surface area contributed by atoms with Gasteiger partial charge in [0.2, 0.25) is 11.7 Å². The summed E-state index contributed by atoms with van der Waals surface area (Å²) in [6.45, 7) is 2.34. The number of nitrogens with zero attached hydrogens (tertiary/aromatic N) is 3. The largest absolute Gasteiger partial charge is 0.497 e. The van der Waals surface area contributed by atoms with Gasteiger partial charge in [0.15, 0.2) is 0 Å². The van der Waals surface area contributed by atoms with Crippen molar-refractivity contribution in [1.82, 2.24) is 15.1 Å². The molecule has 8 nitrogen and oxygen atoms in total. The summed E-state index contributed by atoms with van der Waals surface area (Å²) in [7, 11) is 4.80. The lowest BCUT2D eigenvalue weighted by Crippen LogP contribution is -1.99. The number of benzene rings is 2. The van der Waals surface area contributed by atoms with E-state index in [9.17, 15) is 0 Å². The van der Waals surface area contributed by atoms with Crippen LogP contribution in [0.4, 0.5) is 0 Å². The van der Waals surface area contributed by atoms with Crippen LogP contribution in [0.1, 0.15) is 6.92 Å². The zero-order valence-electron chi connectivity index (χ0n) is 18.3. The topological polar surface area (TPSA) is 88.7 Å². The Balaban J connectivity index is 1.72. The average molecular weight is 433 g/mol. The molecule has 2 heterocycles. The van der Waals surface area contributed by atoms with Crippen LogP contribution in [-0.4, -0.2) is 43.1 Å². The highest BCUT2D eigenvalue weighted by Gasteiger charge is 2.18. The zero-order valence-corrected chi connectivity index (χ0v) is 18.3. The first-order valence-electron chi connectivity index (χ1n) is 10.0. The zero-order chi connectivity index (χ0) is 22.5. The summed E-state index contributed by atoms with van der Waals surface area (Å²) in [5.74, 6) is 3.12. The molecule has 4 aromatic rings. The Morgan fingerprint density at radius 3 is 2.19 bits per heavy atom. The molecule has 0 amide bonds. The second-order valence-electron chi connectivity index (χ2n) is 6.74. The third kappa shape index (κ3) is 4.34. The molecular formula is C24H23N3O5. The van der Waals surface area contributed by atoms with Gasteiger partial charge in [-0.15, -0.1) is 0 Å². The Labute approximate surface area is 185 Å². The molecule has 0 saturated heterocycles. The molecule has 0 aliphatic heterocycles. The Kier molecular flexibility index (Phi) is 6.21. The van der Waals surface area contributed by atoms with E-state index >= 15 is 0 Å². The van der Waals surface area contributed by atoms with Gasteiger partial charge in [0, 0.05) is 17.2 Å². The summed E-state index contributed by atoms with van der Waals surface area (Å²) in [6, 6.07) is 16.8. The molecule has 0 aliphatic rings.